The van der Waals surface area contributed by atoms with Gasteiger partial charge in [0, 0.05) is 9.79 Å². The molecule has 2 heteroatoms. The highest BCUT2D eigenvalue weighted by Crippen LogP contribution is 2.28. The fourth-order valence-corrected chi connectivity index (χ4v) is 7.00. The molecule has 0 spiro atoms. The molecular formula is C33H60S2. The van der Waals surface area contributed by atoms with Crippen LogP contribution in [0.25, 0.3) is 0 Å². The van der Waals surface area contributed by atoms with Crippen LogP contribution in [0.3, 0.4) is 0 Å². The molecule has 0 aliphatic heterocycles. The second-order valence-corrected chi connectivity index (χ2v) is 13.1. The molecule has 0 amide bonds. The summed E-state index contributed by atoms with van der Waals surface area (Å²) in [6, 6.07) is 7.21. The van der Waals surface area contributed by atoms with Gasteiger partial charge in [0.2, 0.25) is 0 Å². The summed E-state index contributed by atoms with van der Waals surface area (Å²) in [6.07, 6.45) is 31.5. The Bertz CT molecular complexity index is 522. The van der Waals surface area contributed by atoms with E-state index in [0.717, 1.165) is 0 Å². The number of benzene rings is 1. The number of hydrogen-bond acceptors (Lipinski definition) is 2. The van der Waals surface area contributed by atoms with Gasteiger partial charge in [-0.15, -0.1) is 23.5 Å². The van der Waals surface area contributed by atoms with Crippen molar-refractivity contribution in [1.82, 2.24) is 0 Å². The number of unbranched alkanes of at least 4 members (excludes halogenated alkanes) is 20. The van der Waals surface area contributed by atoms with Crippen molar-refractivity contribution in [1.29, 1.82) is 0 Å². The summed E-state index contributed by atoms with van der Waals surface area (Å²) >= 11 is 4.15. The van der Waals surface area contributed by atoms with E-state index in [1.54, 1.807) is 0 Å². The molecule has 0 fully saturated rings. The van der Waals surface area contributed by atoms with Gasteiger partial charge in [0.25, 0.3) is 0 Å². The SMILES string of the molecule is CCCCCCCCCCCCCSc1cc(C)cc(SCCCCCCCCCCCCC)c1. The Morgan fingerprint density at radius 1 is 0.400 bits per heavy atom. The van der Waals surface area contributed by atoms with E-state index >= 15 is 0 Å². The number of hydrogen-bond donors (Lipinski definition) is 0. The van der Waals surface area contributed by atoms with Gasteiger partial charge in [0.1, 0.15) is 0 Å². The second-order valence-electron chi connectivity index (χ2n) is 10.7. The number of rotatable bonds is 26. The van der Waals surface area contributed by atoms with Crippen LogP contribution in [0.1, 0.15) is 161 Å². The minimum Gasteiger partial charge on any atom is -0.126 e. The molecule has 0 saturated heterocycles. The standard InChI is InChI=1S/C33H60S2/c1-4-6-8-10-12-14-16-18-20-22-24-26-34-32-28-31(3)29-33(30-32)35-27-25-23-21-19-17-15-13-11-9-7-5-2/h28-30H,4-27H2,1-3H3. The lowest BCUT2D eigenvalue weighted by Gasteiger charge is -2.08. The van der Waals surface area contributed by atoms with E-state index in [2.05, 4.69) is 62.5 Å². The zero-order chi connectivity index (χ0) is 25.2. The highest BCUT2D eigenvalue weighted by Gasteiger charge is 2.02. The summed E-state index contributed by atoms with van der Waals surface area (Å²) in [6.45, 7) is 6.86. The van der Waals surface area contributed by atoms with Crippen molar-refractivity contribution in [2.45, 2.75) is 172 Å². The summed E-state index contributed by atoms with van der Waals surface area (Å²) in [7, 11) is 0. The molecule has 35 heavy (non-hydrogen) atoms. The highest BCUT2D eigenvalue weighted by atomic mass is 32.2. The van der Waals surface area contributed by atoms with Gasteiger partial charge in [-0.25, -0.2) is 0 Å². The lowest BCUT2D eigenvalue weighted by Crippen LogP contribution is -1.87. The van der Waals surface area contributed by atoms with Crippen LogP contribution in [0.15, 0.2) is 28.0 Å². The molecule has 0 unspecified atom stereocenters. The molecular weight excluding hydrogens is 460 g/mol. The fraction of sp³-hybridized carbons (Fsp3) is 0.818. The zero-order valence-corrected chi connectivity index (χ0v) is 25.7. The molecule has 1 rings (SSSR count). The molecule has 0 atom stereocenters. The summed E-state index contributed by atoms with van der Waals surface area (Å²) in [5.74, 6) is 2.56. The Morgan fingerprint density at radius 2 is 0.686 bits per heavy atom. The lowest BCUT2D eigenvalue weighted by atomic mass is 10.1. The van der Waals surface area contributed by atoms with Gasteiger partial charge in [-0.2, -0.15) is 0 Å². The third kappa shape index (κ3) is 21.7. The van der Waals surface area contributed by atoms with Gasteiger partial charge in [-0.05, 0) is 55.0 Å². The van der Waals surface area contributed by atoms with E-state index in [0.29, 0.717) is 0 Å². The van der Waals surface area contributed by atoms with Crippen LogP contribution >= 0.6 is 23.5 Å². The van der Waals surface area contributed by atoms with E-state index in [4.69, 9.17) is 0 Å². The first-order chi connectivity index (χ1) is 17.3. The Labute approximate surface area is 230 Å². The molecule has 204 valence electrons. The summed E-state index contributed by atoms with van der Waals surface area (Å²) in [5.41, 5.74) is 1.43. The van der Waals surface area contributed by atoms with Crippen molar-refractivity contribution in [3.63, 3.8) is 0 Å². The smallest absolute Gasteiger partial charge is 0.00857 e. The van der Waals surface area contributed by atoms with Crippen molar-refractivity contribution in [3.05, 3.63) is 23.8 Å². The van der Waals surface area contributed by atoms with Gasteiger partial charge >= 0.3 is 0 Å². The third-order valence-electron chi connectivity index (χ3n) is 7.06. The highest BCUT2D eigenvalue weighted by molar-refractivity contribution is 8.00. The second kappa shape index (κ2) is 25.6. The number of thioether (sulfide) groups is 2. The molecule has 0 bridgehead atoms. The quantitative estimate of drug-likeness (QED) is 0.0879. The molecule has 1 aromatic carbocycles. The topological polar surface area (TPSA) is 0 Å². The van der Waals surface area contributed by atoms with Crippen LogP contribution in [0, 0.1) is 6.92 Å². The van der Waals surface area contributed by atoms with Gasteiger partial charge < -0.3 is 0 Å². The summed E-state index contributed by atoms with van der Waals surface area (Å²) < 4.78 is 0. The predicted octanol–water partition coefficient (Wildman–Crippen LogP) is 12.8. The van der Waals surface area contributed by atoms with Gasteiger partial charge in [-0.1, -0.05) is 142 Å². The van der Waals surface area contributed by atoms with Crippen LogP contribution in [0.5, 0.6) is 0 Å². The van der Waals surface area contributed by atoms with E-state index < -0.39 is 0 Å². The molecule has 0 heterocycles. The Hall–Kier alpha value is -0.0800. The monoisotopic (exact) mass is 520 g/mol. The van der Waals surface area contributed by atoms with Crippen LogP contribution in [0.2, 0.25) is 0 Å². The molecule has 0 radical (unpaired) electrons. The van der Waals surface area contributed by atoms with Crippen molar-refractivity contribution >= 4 is 23.5 Å². The van der Waals surface area contributed by atoms with Crippen molar-refractivity contribution in [2.75, 3.05) is 11.5 Å². The van der Waals surface area contributed by atoms with Crippen LogP contribution in [-0.4, -0.2) is 11.5 Å². The average Bonchev–Trinajstić information content (AvgIpc) is 2.85. The normalized spacial score (nSPS) is 11.4. The molecule has 0 N–H and O–H groups in total. The molecule has 0 saturated carbocycles. The average molecular weight is 521 g/mol. The van der Waals surface area contributed by atoms with Crippen LogP contribution in [0.4, 0.5) is 0 Å². The Balaban J connectivity index is 1.99. The van der Waals surface area contributed by atoms with Gasteiger partial charge in [-0.3, -0.25) is 0 Å². The minimum atomic E-state index is 1.28. The van der Waals surface area contributed by atoms with E-state index in [1.165, 1.54) is 168 Å². The maximum absolute atomic E-state index is 2.44. The maximum atomic E-state index is 2.44. The Kier molecular flexibility index (Phi) is 24.1. The zero-order valence-electron chi connectivity index (χ0n) is 24.0. The fourth-order valence-electron chi connectivity index (χ4n) is 4.79. The van der Waals surface area contributed by atoms with Gasteiger partial charge in [0.05, 0.1) is 0 Å². The first-order valence-corrected chi connectivity index (χ1v) is 17.6. The minimum absolute atomic E-state index is 1.28. The number of aryl methyl sites for hydroxylation is 1. The summed E-state index contributed by atoms with van der Waals surface area (Å²) in [4.78, 5) is 2.97. The van der Waals surface area contributed by atoms with E-state index in [1.807, 2.05) is 0 Å². The Morgan fingerprint density at radius 3 is 1.00 bits per heavy atom. The first kappa shape index (κ1) is 32.9. The lowest BCUT2D eigenvalue weighted by molar-refractivity contribution is 0.555. The molecule has 0 aromatic heterocycles. The molecule has 0 nitrogen and oxygen atoms in total. The van der Waals surface area contributed by atoms with Gasteiger partial charge in [0.15, 0.2) is 0 Å². The third-order valence-corrected chi connectivity index (χ3v) is 9.18. The van der Waals surface area contributed by atoms with Crippen LogP contribution in [-0.2, 0) is 0 Å². The van der Waals surface area contributed by atoms with E-state index in [-0.39, 0.29) is 0 Å². The first-order valence-electron chi connectivity index (χ1n) is 15.6. The van der Waals surface area contributed by atoms with Crippen molar-refractivity contribution in [2.24, 2.45) is 0 Å². The van der Waals surface area contributed by atoms with Crippen molar-refractivity contribution in [3.8, 4) is 0 Å². The van der Waals surface area contributed by atoms with E-state index in [9.17, 15) is 0 Å². The maximum Gasteiger partial charge on any atom is 0.00857 e. The van der Waals surface area contributed by atoms with Crippen molar-refractivity contribution < 1.29 is 0 Å². The summed E-state index contributed by atoms with van der Waals surface area (Å²) in [5, 5.41) is 0. The molecule has 0 aliphatic rings. The molecule has 0 aliphatic carbocycles. The molecule has 1 aromatic rings. The predicted molar refractivity (Wildman–Crippen MR) is 166 cm³/mol. The largest absolute Gasteiger partial charge is 0.126 e. The van der Waals surface area contributed by atoms with Crippen LogP contribution < -0.4 is 0 Å².